The van der Waals surface area contributed by atoms with E-state index >= 15 is 0 Å². The molecule has 0 N–H and O–H groups in total. The molecule has 0 amide bonds. The normalized spacial score (nSPS) is 24.1. The summed E-state index contributed by atoms with van der Waals surface area (Å²) in [5.41, 5.74) is -0.121. The molecule has 0 aromatic carbocycles. The van der Waals surface area contributed by atoms with Crippen LogP contribution < -0.4 is 0 Å². The zero-order chi connectivity index (χ0) is 24.7. The third kappa shape index (κ3) is 8.46. The first kappa shape index (κ1) is 30.1. The minimum atomic E-state index is -0.933. The monoisotopic (exact) mass is 482 g/mol. The van der Waals surface area contributed by atoms with Crippen LogP contribution in [0.1, 0.15) is 144 Å². The van der Waals surface area contributed by atoms with Crippen LogP contribution in [0.25, 0.3) is 0 Å². The maximum atomic E-state index is 6.83. The lowest BCUT2D eigenvalue weighted by Gasteiger charge is -2.53. The highest BCUT2D eigenvalue weighted by atomic mass is 16.9. The highest BCUT2D eigenvalue weighted by Gasteiger charge is 2.61. The summed E-state index contributed by atoms with van der Waals surface area (Å²) < 4.78 is 26.5. The second-order valence-electron chi connectivity index (χ2n) is 10.9. The molecule has 2 fully saturated rings. The van der Waals surface area contributed by atoms with Gasteiger partial charge in [-0.15, -0.1) is 0 Å². The maximum absolute atomic E-state index is 6.83. The summed E-state index contributed by atoms with van der Waals surface area (Å²) in [5, 5.41) is 0. The number of rotatable bonds is 22. The number of fused-ring (bicyclic) bond motifs is 1. The lowest BCUT2D eigenvalue weighted by molar-refractivity contribution is -0.442. The molecule has 0 aromatic rings. The van der Waals surface area contributed by atoms with Crippen molar-refractivity contribution >= 4 is 0 Å². The molecule has 4 unspecified atom stereocenters. The van der Waals surface area contributed by atoms with E-state index in [0.29, 0.717) is 37.9 Å². The van der Waals surface area contributed by atoms with Crippen molar-refractivity contribution in [2.24, 2.45) is 11.3 Å². The Morgan fingerprint density at radius 1 is 0.618 bits per heavy atom. The fourth-order valence-electron chi connectivity index (χ4n) is 6.02. The minimum absolute atomic E-state index is 0.121. The molecule has 2 rings (SSSR count). The van der Waals surface area contributed by atoms with Crippen molar-refractivity contribution in [3.8, 4) is 0 Å². The minimum Gasteiger partial charge on any atom is -0.370 e. The van der Waals surface area contributed by atoms with Crippen LogP contribution >= 0.6 is 0 Å². The van der Waals surface area contributed by atoms with Gasteiger partial charge in [0.1, 0.15) is 0 Å². The fraction of sp³-hybridized carbons (Fsp3) is 1.00. The van der Waals surface area contributed by atoms with Crippen LogP contribution in [0.2, 0.25) is 0 Å². The van der Waals surface area contributed by atoms with Gasteiger partial charge >= 0.3 is 0 Å². The highest BCUT2D eigenvalue weighted by Crippen LogP contribution is 2.57. The molecule has 34 heavy (non-hydrogen) atoms. The van der Waals surface area contributed by atoms with Gasteiger partial charge in [-0.25, -0.2) is 0 Å². The molecule has 1 saturated carbocycles. The van der Waals surface area contributed by atoms with Crippen LogP contribution in [-0.2, 0) is 18.9 Å². The van der Waals surface area contributed by atoms with Gasteiger partial charge in [-0.3, -0.25) is 0 Å². The largest absolute Gasteiger partial charge is 0.370 e. The van der Waals surface area contributed by atoms with Crippen molar-refractivity contribution in [2.45, 2.75) is 162 Å². The summed E-state index contributed by atoms with van der Waals surface area (Å²) in [6.07, 6.45) is 21.0. The predicted molar refractivity (Wildman–Crippen MR) is 142 cm³/mol. The van der Waals surface area contributed by atoms with E-state index in [0.717, 1.165) is 57.8 Å². The van der Waals surface area contributed by atoms with Gasteiger partial charge in [-0.05, 0) is 57.3 Å². The number of hydrogen-bond acceptors (Lipinski definition) is 4. The third-order valence-electron chi connectivity index (χ3n) is 8.37. The van der Waals surface area contributed by atoms with Crippen molar-refractivity contribution < 1.29 is 18.9 Å². The van der Waals surface area contributed by atoms with Crippen molar-refractivity contribution in [3.63, 3.8) is 0 Å². The Kier molecular flexibility index (Phi) is 14.6. The summed E-state index contributed by atoms with van der Waals surface area (Å²) in [5.74, 6) is -0.404. The molecule has 4 heteroatoms. The highest BCUT2D eigenvalue weighted by molar-refractivity contribution is 5.02. The zero-order valence-corrected chi connectivity index (χ0v) is 23.5. The average Bonchev–Trinajstić information content (AvgIpc) is 3.63. The Bertz CT molecular complexity index is 484. The van der Waals surface area contributed by atoms with Crippen LogP contribution in [0.4, 0.5) is 0 Å². The zero-order valence-electron chi connectivity index (χ0n) is 23.5. The van der Waals surface area contributed by atoms with Crippen molar-refractivity contribution in [1.29, 1.82) is 0 Å². The summed E-state index contributed by atoms with van der Waals surface area (Å²) in [7, 11) is 0. The van der Waals surface area contributed by atoms with E-state index in [-0.39, 0.29) is 5.41 Å². The SMILES string of the molecule is CCCCCCCCC(CC)(C1CCC2OC2C1)C(OCCCC)(OCCCC)OCCCC. The van der Waals surface area contributed by atoms with E-state index < -0.39 is 5.97 Å². The van der Waals surface area contributed by atoms with Crippen LogP contribution in [0.15, 0.2) is 0 Å². The summed E-state index contributed by atoms with van der Waals surface area (Å²) in [6.45, 7) is 13.5. The summed E-state index contributed by atoms with van der Waals surface area (Å²) in [6, 6.07) is 0. The second-order valence-corrected chi connectivity index (χ2v) is 10.9. The Balaban J connectivity index is 2.32. The first-order valence-corrected chi connectivity index (χ1v) is 15.2. The lowest BCUT2D eigenvalue weighted by Crippen LogP contribution is -2.59. The summed E-state index contributed by atoms with van der Waals surface area (Å²) >= 11 is 0. The van der Waals surface area contributed by atoms with E-state index in [1.807, 2.05) is 0 Å². The molecule has 202 valence electrons. The average molecular weight is 483 g/mol. The third-order valence-corrected chi connectivity index (χ3v) is 8.37. The van der Waals surface area contributed by atoms with Gasteiger partial charge in [0.25, 0.3) is 5.97 Å². The molecular weight excluding hydrogens is 424 g/mol. The van der Waals surface area contributed by atoms with Crippen LogP contribution in [0.3, 0.4) is 0 Å². The van der Waals surface area contributed by atoms with Gasteiger partial charge in [0.2, 0.25) is 0 Å². The molecule has 0 bridgehead atoms. The molecule has 1 saturated heterocycles. The Hall–Kier alpha value is -0.160. The number of epoxide rings is 1. The standard InChI is InChI=1S/C30H58O4/c1-6-11-15-16-17-18-21-29(10-5,26-19-20-27-28(25-26)34-27)30(31-22-12-7-2,32-23-13-8-3)33-24-14-9-4/h26-28H,6-25H2,1-5H3. The van der Waals surface area contributed by atoms with Gasteiger partial charge in [-0.1, -0.05) is 92.4 Å². The van der Waals surface area contributed by atoms with Crippen molar-refractivity contribution in [1.82, 2.24) is 0 Å². The molecule has 1 aliphatic heterocycles. The number of ether oxygens (including phenoxy) is 4. The van der Waals surface area contributed by atoms with E-state index in [1.165, 1.54) is 51.4 Å². The van der Waals surface area contributed by atoms with Gasteiger partial charge in [-0.2, -0.15) is 0 Å². The van der Waals surface area contributed by atoms with Gasteiger partial charge in [0.05, 0.1) is 37.4 Å². The van der Waals surface area contributed by atoms with E-state index in [2.05, 4.69) is 34.6 Å². The first-order valence-electron chi connectivity index (χ1n) is 15.2. The lowest BCUT2D eigenvalue weighted by atomic mass is 9.62. The quantitative estimate of drug-likeness (QED) is 0.0878. The first-order chi connectivity index (χ1) is 16.6. The van der Waals surface area contributed by atoms with E-state index in [1.54, 1.807) is 0 Å². The van der Waals surface area contributed by atoms with Gasteiger partial charge < -0.3 is 18.9 Å². The van der Waals surface area contributed by atoms with Crippen LogP contribution in [0, 0.1) is 11.3 Å². The Labute approximate surface area is 212 Å². The van der Waals surface area contributed by atoms with Crippen molar-refractivity contribution in [2.75, 3.05) is 19.8 Å². The van der Waals surface area contributed by atoms with Crippen molar-refractivity contribution in [3.05, 3.63) is 0 Å². The van der Waals surface area contributed by atoms with Gasteiger partial charge in [0, 0.05) is 0 Å². The molecule has 0 radical (unpaired) electrons. The molecule has 4 nitrogen and oxygen atoms in total. The molecule has 1 aliphatic carbocycles. The molecule has 1 heterocycles. The van der Waals surface area contributed by atoms with Crippen LogP contribution in [-0.4, -0.2) is 38.0 Å². The second kappa shape index (κ2) is 16.6. The Morgan fingerprint density at radius 2 is 1.15 bits per heavy atom. The fourth-order valence-corrected chi connectivity index (χ4v) is 6.02. The predicted octanol–water partition coefficient (Wildman–Crippen LogP) is 8.80. The topological polar surface area (TPSA) is 40.2 Å². The molecule has 4 atom stereocenters. The molecule has 2 aliphatic rings. The Morgan fingerprint density at radius 3 is 1.65 bits per heavy atom. The van der Waals surface area contributed by atoms with Crippen LogP contribution in [0.5, 0.6) is 0 Å². The molecular formula is C30H58O4. The summed E-state index contributed by atoms with van der Waals surface area (Å²) in [4.78, 5) is 0. The molecule has 0 spiro atoms. The van der Waals surface area contributed by atoms with E-state index in [4.69, 9.17) is 18.9 Å². The molecule has 0 aromatic heterocycles. The number of hydrogen-bond donors (Lipinski definition) is 0. The van der Waals surface area contributed by atoms with E-state index in [9.17, 15) is 0 Å². The number of unbranched alkanes of at least 4 members (excludes halogenated alkanes) is 8. The maximum Gasteiger partial charge on any atom is 0.289 e. The van der Waals surface area contributed by atoms with Gasteiger partial charge in [0.15, 0.2) is 0 Å². The smallest absolute Gasteiger partial charge is 0.289 e.